The Balaban J connectivity index is 1.70. The van der Waals surface area contributed by atoms with Gasteiger partial charge in [-0.25, -0.2) is 4.68 Å². The monoisotopic (exact) mass is 371 g/mol. The highest BCUT2D eigenvalue weighted by Crippen LogP contribution is 2.24. The lowest BCUT2D eigenvalue weighted by atomic mass is 10.1. The molecule has 0 radical (unpaired) electrons. The first-order valence-corrected chi connectivity index (χ1v) is 8.50. The molecule has 8 heteroatoms. The van der Waals surface area contributed by atoms with Crippen LogP contribution in [0.25, 0.3) is 0 Å². The molecule has 0 aliphatic rings. The van der Waals surface area contributed by atoms with Crippen LogP contribution >= 0.6 is 11.6 Å². The molecule has 7 nitrogen and oxygen atoms in total. The van der Waals surface area contributed by atoms with E-state index in [2.05, 4.69) is 20.8 Å². The predicted octanol–water partition coefficient (Wildman–Crippen LogP) is 3.49. The van der Waals surface area contributed by atoms with Crippen molar-refractivity contribution in [3.63, 3.8) is 0 Å². The number of carbonyl (C=O) groups is 1. The van der Waals surface area contributed by atoms with Crippen LogP contribution in [0.2, 0.25) is 5.02 Å². The van der Waals surface area contributed by atoms with E-state index in [1.807, 2.05) is 19.9 Å². The van der Waals surface area contributed by atoms with Crippen LogP contribution in [0.1, 0.15) is 28.7 Å². The second-order valence-corrected chi connectivity index (χ2v) is 6.00. The van der Waals surface area contributed by atoms with Crippen molar-refractivity contribution >= 4 is 23.2 Å². The molecule has 3 rings (SSSR count). The minimum absolute atomic E-state index is 0.222. The van der Waals surface area contributed by atoms with E-state index in [4.69, 9.17) is 16.3 Å². The maximum atomic E-state index is 12.5. The molecule has 0 aliphatic carbocycles. The van der Waals surface area contributed by atoms with Crippen LogP contribution in [-0.4, -0.2) is 26.1 Å². The van der Waals surface area contributed by atoms with Crippen molar-refractivity contribution in [2.45, 2.75) is 27.0 Å². The van der Waals surface area contributed by atoms with Gasteiger partial charge in [0.15, 0.2) is 5.82 Å². The summed E-state index contributed by atoms with van der Waals surface area (Å²) in [5.41, 5.74) is 1.98. The Morgan fingerprint density at radius 1 is 1.27 bits per heavy atom. The number of aryl methyl sites for hydroxylation is 1. The summed E-state index contributed by atoms with van der Waals surface area (Å²) in [5.74, 6) is 0.947. The number of halogens is 1. The van der Waals surface area contributed by atoms with Gasteiger partial charge in [0.05, 0.1) is 0 Å². The maximum absolute atomic E-state index is 12.5. The average Bonchev–Trinajstić information content (AvgIpc) is 3.11. The Labute approximate surface area is 155 Å². The molecule has 0 bridgehead atoms. The minimum Gasteiger partial charge on any atom is -0.486 e. The number of carbonyl (C=O) groups excluding carboxylic acids is 1. The second kappa shape index (κ2) is 7.97. The summed E-state index contributed by atoms with van der Waals surface area (Å²) < 4.78 is 7.36. The van der Waals surface area contributed by atoms with Gasteiger partial charge in [0.25, 0.3) is 5.91 Å². The van der Waals surface area contributed by atoms with Crippen molar-refractivity contribution < 1.29 is 9.53 Å². The van der Waals surface area contributed by atoms with E-state index in [1.54, 1.807) is 41.1 Å². The Hall–Kier alpha value is -2.93. The van der Waals surface area contributed by atoms with Crippen LogP contribution in [0.15, 0.2) is 42.5 Å². The van der Waals surface area contributed by atoms with Gasteiger partial charge in [-0.2, -0.15) is 0 Å². The maximum Gasteiger partial charge on any atom is 0.255 e. The molecule has 1 N–H and O–H groups in total. The number of hydrogen-bond acceptors (Lipinski definition) is 5. The molecule has 0 saturated carbocycles. The quantitative estimate of drug-likeness (QED) is 0.717. The highest BCUT2D eigenvalue weighted by Gasteiger charge is 2.11. The summed E-state index contributed by atoms with van der Waals surface area (Å²) in [6.07, 6.45) is 0. The number of nitrogens with one attached hydrogen (secondary N) is 1. The van der Waals surface area contributed by atoms with E-state index < -0.39 is 0 Å². The van der Waals surface area contributed by atoms with E-state index in [0.29, 0.717) is 34.4 Å². The zero-order valence-electron chi connectivity index (χ0n) is 14.4. The predicted molar refractivity (Wildman–Crippen MR) is 98.4 cm³/mol. The molecule has 0 fully saturated rings. The van der Waals surface area contributed by atoms with Crippen molar-refractivity contribution in [1.29, 1.82) is 0 Å². The molecule has 0 saturated heterocycles. The van der Waals surface area contributed by atoms with Crippen LogP contribution in [-0.2, 0) is 13.2 Å². The topological polar surface area (TPSA) is 81.9 Å². The summed E-state index contributed by atoms with van der Waals surface area (Å²) in [5, 5.41) is 14.9. The Bertz CT molecular complexity index is 925. The lowest BCUT2D eigenvalue weighted by Gasteiger charge is -2.11. The molecule has 3 aromatic rings. The lowest BCUT2D eigenvalue weighted by Crippen LogP contribution is -2.13. The van der Waals surface area contributed by atoms with Gasteiger partial charge in [-0.3, -0.25) is 4.79 Å². The van der Waals surface area contributed by atoms with E-state index in [-0.39, 0.29) is 12.5 Å². The third kappa shape index (κ3) is 4.00. The summed E-state index contributed by atoms with van der Waals surface area (Å²) in [6, 6.07) is 12.3. The molecule has 26 heavy (non-hydrogen) atoms. The first-order valence-electron chi connectivity index (χ1n) is 8.13. The molecule has 2 aromatic carbocycles. The molecule has 0 unspecified atom stereocenters. The fraction of sp³-hybridized carbons (Fsp3) is 0.222. The van der Waals surface area contributed by atoms with Gasteiger partial charge >= 0.3 is 0 Å². The number of amides is 1. The number of ether oxygens (including phenoxy) is 1. The summed E-state index contributed by atoms with van der Waals surface area (Å²) in [7, 11) is 0. The highest BCUT2D eigenvalue weighted by molar-refractivity contribution is 6.31. The zero-order valence-corrected chi connectivity index (χ0v) is 15.2. The molecular weight excluding hydrogens is 354 g/mol. The number of nitrogens with zero attached hydrogens (tertiary/aromatic N) is 4. The van der Waals surface area contributed by atoms with Gasteiger partial charge in [0.2, 0.25) is 0 Å². The van der Waals surface area contributed by atoms with Gasteiger partial charge in [0.1, 0.15) is 12.4 Å². The van der Waals surface area contributed by atoms with E-state index in [9.17, 15) is 4.79 Å². The fourth-order valence-corrected chi connectivity index (χ4v) is 2.56. The third-order valence-corrected chi connectivity index (χ3v) is 4.30. The average molecular weight is 372 g/mol. The largest absolute Gasteiger partial charge is 0.486 e. The van der Waals surface area contributed by atoms with Crippen molar-refractivity contribution in [3.05, 3.63) is 64.4 Å². The zero-order chi connectivity index (χ0) is 18.5. The molecule has 0 spiro atoms. The molecule has 1 amide bonds. The molecular formula is C18H18ClN5O2. The molecule has 134 valence electrons. The normalized spacial score (nSPS) is 10.6. The molecule has 1 aromatic heterocycles. The lowest BCUT2D eigenvalue weighted by molar-refractivity contribution is 0.102. The SMILES string of the molecule is CCn1nnnc1COc1cccc(C(=O)Nc2cccc(Cl)c2C)c1. The van der Waals surface area contributed by atoms with Crippen molar-refractivity contribution in [2.24, 2.45) is 0 Å². The van der Waals surface area contributed by atoms with Gasteiger partial charge in [-0.05, 0) is 60.2 Å². The number of anilines is 1. The Kier molecular flexibility index (Phi) is 5.48. The van der Waals surface area contributed by atoms with Crippen LogP contribution in [0, 0.1) is 6.92 Å². The number of aromatic nitrogens is 4. The molecule has 0 atom stereocenters. The van der Waals surface area contributed by atoms with Gasteiger partial charge in [0, 0.05) is 22.8 Å². The Morgan fingerprint density at radius 2 is 2.08 bits per heavy atom. The summed E-state index contributed by atoms with van der Waals surface area (Å²) in [4.78, 5) is 12.5. The third-order valence-electron chi connectivity index (χ3n) is 3.89. The van der Waals surface area contributed by atoms with Crippen LogP contribution in [0.5, 0.6) is 5.75 Å². The number of tetrazole rings is 1. The molecule has 1 heterocycles. The number of benzene rings is 2. The van der Waals surface area contributed by atoms with Gasteiger partial charge in [-0.1, -0.05) is 23.7 Å². The number of rotatable bonds is 6. The van der Waals surface area contributed by atoms with Crippen LogP contribution in [0.3, 0.4) is 0 Å². The molecule has 0 aliphatic heterocycles. The standard InChI is InChI=1S/C18H18ClN5O2/c1-3-24-17(21-22-23-24)11-26-14-7-4-6-13(10-14)18(25)20-16-9-5-8-15(19)12(16)2/h4-10H,3,11H2,1-2H3,(H,20,25). The smallest absolute Gasteiger partial charge is 0.255 e. The first kappa shape index (κ1) is 17.9. The van der Waals surface area contributed by atoms with Crippen molar-refractivity contribution in [2.75, 3.05) is 5.32 Å². The number of hydrogen-bond donors (Lipinski definition) is 1. The Morgan fingerprint density at radius 3 is 2.88 bits per heavy atom. The first-order chi connectivity index (χ1) is 12.6. The summed E-state index contributed by atoms with van der Waals surface area (Å²) >= 11 is 6.09. The van der Waals surface area contributed by atoms with E-state index in [1.165, 1.54) is 0 Å². The van der Waals surface area contributed by atoms with E-state index >= 15 is 0 Å². The van der Waals surface area contributed by atoms with Crippen LogP contribution < -0.4 is 10.1 Å². The minimum atomic E-state index is -0.237. The van der Waals surface area contributed by atoms with Gasteiger partial charge < -0.3 is 10.1 Å². The summed E-state index contributed by atoms with van der Waals surface area (Å²) in [6.45, 7) is 4.68. The van der Waals surface area contributed by atoms with Crippen molar-refractivity contribution in [1.82, 2.24) is 20.2 Å². The highest BCUT2D eigenvalue weighted by atomic mass is 35.5. The van der Waals surface area contributed by atoms with Gasteiger partial charge in [-0.15, -0.1) is 5.10 Å². The van der Waals surface area contributed by atoms with E-state index in [0.717, 1.165) is 5.56 Å². The fourth-order valence-electron chi connectivity index (χ4n) is 2.38. The van der Waals surface area contributed by atoms with Crippen LogP contribution in [0.4, 0.5) is 5.69 Å². The second-order valence-electron chi connectivity index (χ2n) is 5.59. The van der Waals surface area contributed by atoms with Crippen molar-refractivity contribution in [3.8, 4) is 5.75 Å².